The van der Waals surface area contributed by atoms with Crippen molar-refractivity contribution < 1.29 is 9.66 Å². The maximum absolute atomic E-state index is 11.8. The second-order valence-corrected chi connectivity index (χ2v) is 5.37. The van der Waals surface area contributed by atoms with E-state index in [1.165, 1.54) is 12.1 Å². The van der Waals surface area contributed by atoms with Crippen LogP contribution in [0, 0.1) is 17.0 Å². The maximum atomic E-state index is 11.8. The molecular weight excluding hydrogens is 320 g/mol. The molecule has 1 aromatic heterocycles. The first-order valence-electron chi connectivity index (χ1n) is 6.70. The van der Waals surface area contributed by atoms with Crippen LogP contribution in [0.3, 0.4) is 0 Å². The molecule has 0 unspecified atom stereocenters. The largest absolute Gasteiger partial charge is 0.456 e. The first-order chi connectivity index (χ1) is 11.0. The lowest BCUT2D eigenvalue weighted by atomic mass is 10.1. The molecule has 0 fully saturated rings. The number of nitrogens with zero attached hydrogens (tertiary/aromatic N) is 1. The fraction of sp³-hybridized carbons (Fsp3) is 0.0625. The van der Waals surface area contributed by atoms with Crippen molar-refractivity contribution in [1.82, 2.24) is 4.98 Å². The maximum Gasteiger partial charge on any atom is 0.293 e. The van der Waals surface area contributed by atoms with Gasteiger partial charge < -0.3 is 9.72 Å². The number of halogens is 1. The Kier molecular flexibility index (Phi) is 3.75. The van der Waals surface area contributed by atoms with Crippen LogP contribution >= 0.6 is 11.6 Å². The van der Waals surface area contributed by atoms with Crippen molar-refractivity contribution in [1.29, 1.82) is 0 Å². The summed E-state index contributed by atoms with van der Waals surface area (Å²) in [6.45, 7) is 1.83. The van der Waals surface area contributed by atoms with E-state index in [1.807, 2.05) is 6.92 Å². The molecular formula is C16H11ClN2O4. The first kappa shape index (κ1) is 15.1. The molecule has 3 aromatic rings. The lowest BCUT2D eigenvalue weighted by Crippen LogP contribution is -2.06. The molecule has 0 saturated carbocycles. The second-order valence-electron chi connectivity index (χ2n) is 4.97. The molecule has 23 heavy (non-hydrogen) atoms. The highest BCUT2D eigenvalue weighted by Gasteiger charge is 2.16. The molecule has 116 valence electrons. The van der Waals surface area contributed by atoms with Gasteiger partial charge in [0, 0.05) is 22.5 Å². The Labute approximate surface area is 135 Å². The van der Waals surface area contributed by atoms with Crippen molar-refractivity contribution in [3.8, 4) is 11.5 Å². The van der Waals surface area contributed by atoms with Crippen LogP contribution in [0.1, 0.15) is 5.56 Å². The topological polar surface area (TPSA) is 85.2 Å². The van der Waals surface area contributed by atoms with Crippen molar-refractivity contribution in [3.63, 3.8) is 0 Å². The average Bonchev–Trinajstić information content (AvgIpc) is 2.50. The summed E-state index contributed by atoms with van der Waals surface area (Å²) in [5.74, 6) is 0.736. The minimum Gasteiger partial charge on any atom is -0.456 e. The van der Waals surface area contributed by atoms with E-state index >= 15 is 0 Å². The molecule has 0 aliphatic heterocycles. The van der Waals surface area contributed by atoms with Crippen LogP contribution in [0.25, 0.3) is 10.9 Å². The molecule has 0 aliphatic rings. The normalized spacial score (nSPS) is 10.7. The van der Waals surface area contributed by atoms with E-state index in [1.54, 1.807) is 30.3 Å². The Morgan fingerprint density at radius 1 is 1.22 bits per heavy atom. The Morgan fingerprint density at radius 3 is 2.70 bits per heavy atom. The van der Waals surface area contributed by atoms with Gasteiger partial charge in [-0.25, -0.2) is 0 Å². The highest BCUT2D eigenvalue weighted by Crippen LogP contribution is 2.32. The number of aryl methyl sites for hydroxylation is 1. The minimum absolute atomic E-state index is 0.130. The second kappa shape index (κ2) is 5.73. The molecule has 1 N–H and O–H groups in total. The number of rotatable bonds is 3. The van der Waals surface area contributed by atoms with Crippen molar-refractivity contribution in [2.24, 2.45) is 0 Å². The fourth-order valence-electron chi connectivity index (χ4n) is 2.28. The third-order valence-electron chi connectivity index (χ3n) is 3.37. The number of nitro benzene ring substituents is 1. The van der Waals surface area contributed by atoms with Gasteiger partial charge in [-0.1, -0.05) is 17.7 Å². The van der Waals surface area contributed by atoms with Gasteiger partial charge in [-0.2, -0.15) is 0 Å². The highest BCUT2D eigenvalue weighted by atomic mass is 35.5. The van der Waals surface area contributed by atoms with Crippen LogP contribution in [-0.4, -0.2) is 9.91 Å². The number of ether oxygens (including phenoxy) is 1. The molecule has 0 amide bonds. The van der Waals surface area contributed by atoms with Crippen LogP contribution in [0.4, 0.5) is 5.69 Å². The average molecular weight is 331 g/mol. The molecule has 1 heterocycles. The summed E-state index contributed by atoms with van der Waals surface area (Å²) in [5.41, 5.74) is 0.291. The number of hydrogen-bond acceptors (Lipinski definition) is 4. The zero-order valence-electron chi connectivity index (χ0n) is 12.0. The number of para-hydroxylation sites is 1. The number of non-ortho nitro benzene ring substituents is 1. The Hall–Kier alpha value is -2.86. The lowest BCUT2D eigenvalue weighted by Gasteiger charge is -2.10. The van der Waals surface area contributed by atoms with Gasteiger partial charge in [0.1, 0.15) is 17.0 Å². The van der Waals surface area contributed by atoms with Crippen LogP contribution in [-0.2, 0) is 0 Å². The van der Waals surface area contributed by atoms with E-state index in [-0.39, 0.29) is 17.0 Å². The number of aromatic nitrogens is 1. The number of pyridine rings is 1. The molecule has 0 aliphatic carbocycles. The quantitative estimate of drug-likeness (QED) is 0.576. The standard InChI is InChI=1S/C16H11ClN2O4/c1-9-7-10(5-6-12(9)17)23-14-8-15(20)18-16-11(14)3-2-4-13(16)19(21)22/h2-8H,1H3,(H,18,20). The zero-order chi connectivity index (χ0) is 16.6. The molecule has 2 aromatic carbocycles. The molecule has 3 rings (SSSR count). The van der Waals surface area contributed by atoms with Crippen LogP contribution in [0.2, 0.25) is 5.02 Å². The monoisotopic (exact) mass is 330 g/mol. The Bertz CT molecular complexity index is 981. The minimum atomic E-state index is -0.547. The molecule has 6 nitrogen and oxygen atoms in total. The molecule has 0 radical (unpaired) electrons. The van der Waals surface area contributed by atoms with Crippen LogP contribution in [0.5, 0.6) is 11.5 Å². The van der Waals surface area contributed by atoms with E-state index in [4.69, 9.17) is 16.3 Å². The van der Waals surface area contributed by atoms with Crippen molar-refractivity contribution in [2.75, 3.05) is 0 Å². The summed E-state index contributed by atoms with van der Waals surface area (Å²) < 4.78 is 5.74. The third kappa shape index (κ3) is 2.89. The van der Waals surface area contributed by atoms with Crippen LogP contribution < -0.4 is 10.3 Å². The van der Waals surface area contributed by atoms with Gasteiger partial charge in [0.05, 0.1) is 4.92 Å². The summed E-state index contributed by atoms with van der Waals surface area (Å²) in [7, 11) is 0. The molecule has 0 atom stereocenters. The van der Waals surface area contributed by atoms with Gasteiger partial charge in [-0.15, -0.1) is 0 Å². The van der Waals surface area contributed by atoms with Gasteiger partial charge in [-0.3, -0.25) is 14.9 Å². The van der Waals surface area contributed by atoms with Gasteiger partial charge in [0.15, 0.2) is 0 Å². The van der Waals surface area contributed by atoms with Gasteiger partial charge in [0.2, 0.25) is 0 Å². The smallest absolute Gasteiger partial charge is 0.293 e. The van der Waals surface area contributed by atoms with E-state index in [9.17, 15) is 14.9 Å². The number of H-pyrrole nitrogens is 1. The zero-order valence-corrected chi connectivity index (χ0v) is 12.8. The third-order valence-corrected chi connectivity index (χ3v) is 3.80. The summed E-state index contributed by atoms with van der Waals surface area (Å²) in [5, 5.41) is 12.2. The molecule has 0 spiro atoms. The molecule has 7 heteroatoms. The van der Waals surface area contributed by atoms with Crippen molar-refractivity contribution >= 4 is 28.2 Å². The number of nitrogens with one attached hydrogen (secondary N) is 1. The van der Waals surface area contributed by atoms with E-state index < -0.39 is 10.5 Å². The van der Waals surface area contributed by atoms with Crippen molar-refractivity contribution in [3.05, 3.63) is 73.5 Å². The lowest BCUT2D eigenvalue weighted by molar-refractivity contribution is -0.383. The Morgan fingerprint density at radius 2 is 2.00 bits per heavy atom. The summed E-state index contributed by atoms with van der Waals surface area (Å²) in [6, 6.07) is 10.9. The highest BCUT2D eigenvalue weighted by molar-refractivity contribution is 6.31. The van der Waals surface area contributed by atoms with Gasteiger partial charge in [-0.05, 0) is 36.8 Å². The number of aromatic amines is 1. The molecule has 0 bridgehead atoms. The summed E-state index contributed by atoms with van der Waals surface area (Å²) >= 11 is 5.97. The molecule has 0 saturated heterocycles. The Balaban J connectivity index is 2.17. The fourth-order valence-corrected chi connectivity index (χ4v) is 2.39. The number of benzene rings is 2. The summed E-state index contributed by atoms with van der Waals surface area (Å²) in [6.07, 6.45) is 0. The number of fused-ring (bicyclic) bond motifs is 1. The van der Waals surface area contributed by atoms with Crippen molar-refractivity contribution in [2.45, 2.75) is 6.92 Å². The van der Waals surface area contributed by atoms with E-state index in [0.29, 0.717) is 16.2 Å². The van der Waals surface area contributed by atoms with E-state index in [2.05, 4.69) is 4.98 Å². The SMILES string of the molecule is Cc1cc(Oc2cc(=O)[nH]c3c([N+](=O)[O-])cccc23)ccc1Cl. The van der Waals surface area contributed by atoms with Gasteiger partial charge in [0.25, 0.3) is 11.2 Å². The first-order valence-corrected chi connectivity index (χ1v) is 7.08. The predicted molar refractivity (Wildman–Crippen MR) is 87.5 cm³/mol. The number of nitro groups is 1. The predicted octanol–water partition coefficient (Wildman–Crippen LogP) is 4.19. The van der Waals surface area contributed by atoms with Gasteiger partial charge >= 0.3 is 0 Å². The van der Waals surface area contributed by atoms with Crippen LogP contribution in [0.15, 0.2) is 47.3 Å². The number of hydrogen-bond donors (Lipinski definition) is 1. The van der Waals surface area contributed by atoms with E-state index in [0.717, 1.165) is 5.56 Å². The summed E-state index contributed by atoms with van der Waals surface area (Å²) in [4.78, 5) is 24.9.